The lowest BCUT2D eigenvalue weighted by Gasteiger charge is -2.25. The fourth-order valence-corrected chi connectivity index (χ4v) is 2.51. The van der Waals surface area contributed by atoms with Crippen molar-refractivity contribution in [1.82, 2.24) is 4.90 Å². The van der Waals surface area contributed by atoms with Crippen molar-refractivity contribution in [2.45, 2.75) is 25.8 Å². The standard InChI is InChI=1S/C19H23NO2/c1-15(20(2)14-6-9-19(21)22)16-10-12-18(13-11-16)17-7-4-3-5-8-17/h3-5,7-8,10-13,15H,6,9,14H2,1-2H3,(H,21,22)/t15-/m1/s1. The van der Waals surface area contributed by atoms with Gasteiger partial charge >= 0.3 is 5.97 Å². The summed E-state index contributed by atoms with van der Waals surface area (Å²) in [6.07, 6.45) is 0.905. The zero-order valence-electron chi connectivity index (χ0n) is 13.2. The van der Waals surface area contributed by atoms with Crippen LogP contribution in [-0.2, 0) is 4.79 Å². The van der Waals surface area contributed by atoms with Crippen molar-refractivity contribution in [3.8, 4) is 11.1 Å². The van der Waals surface area contributed by atoms with Gasteiger partial charge in [-0.2, -0.15) is 0 Å². The molecule has 0 aromatic heterocycles. The smallest absolute Gasteiger partial charge is 0.303 e. The zero-order valence-corrected chi connectivity index (χ0v) is 13.2. The first kappa shape index (κ1) is 16.2. The highest BCUT2D eigenvalue weighted by Crippen LogP contribution is 2.24. The van der Waals surface area contributed by atoms with Gasteiger partial charge in [0.2, 0.25) is 0 Å². The second-order valence-corrected chi connectivity index (χ2v) is 5.64. The molecule has 0 aliphatic carbocycles. The van der Waals surface area contributed by atoms with E-state index in [1.165, 1.54) is 16.7 Å². The monoisotopic (exact) mass is 297 g/mol. The van der Waals surface area contributed by atoms with Gasteiger partial charge in [-0.25, -0.2) is 0 Å². The first-order valence-electron chi connectivity index (χ1n) is 7.65. The maximum Gasteiger partial charge on any atom is 0.303 e. The first-order valence-corrected chi connectivity index (χ1v) is 7.65. The number of hydrogen-bond donors (Lipinski definition) is 1. The van der Waals surface area contributed by atoms with E-state index in [2.05, 4.69) is 48.2 Å². The van der Waals surface area contributed by atoms with E-state index in [0.29, 0.717) is 6.42 Å². The molecule has 0 radical (unpaired) electrons. The van der Waals surface area contributed by atoms with Gasteiger partial charge in [-0.05, 0) is 43.6 Å². The summed E-state index contributed by atoms with van der Waals surface area (Å²) < 4.78 is 0. The lowest BCUT2D eigenvalue weighted by Crippen LogP contribution is -2.24. The number of aliphatic carboxylic acids is 1. The first-order chi connectivity index (χ1) is 10.6. The van der Waals surface area contributed by atoms with Crippen LogP contribution in [0.3, 0.4) is 0 Å². The Morgan fingerprint density at radius 2 is 1.64 bits per heavy atom. The van der Waals surface area contributed by atoms with Crippen molar-refractivity contribution in [3.63, 3.8) is 0 Å². The van der Waals surface area contributed by atoms with Crippen LogP contribution in [0, 0.1) is 0 Å². The summed E-state index contributed by atoms with van der Waals surface area (Å²) in [6.45, 7) is 2.94. The predicted octanol–water partition coefficient (Wildman–Crippen LogP) is 4.21. The van der Waals surface area contributed by atoms with E-state index in [0.717, 1.165) is 6.54 Å². The van der Waals surface area contributed by atoms with Crippen molar-refractivity contribution in [3.05, 3.63) is 60.2 Å². The van der Waals surface area contributed by atoms with Crippen LogP contribution >= 0.6 is 0 Å². The maximum atomic E-state index is 10.6. The van der Waals surface area contributed by atoms with Gasteiger partial charge in [0, 0.05) is 12.5 Å². The van der Waals surface area contributed by atoms with Gasteiger partial charge in [-0.1, -0.05) is 54.6 Å². The molecule has 116 valence electrons. The van der Waals surface area contributed by atoms with Crippen LogP contribution in [0.25, 0.3) is 11.1 Å². The summed E-state index contributed by atoms with van der Waals surface area (Å²) >= 11 is 0. The number of rotatable bonds is 7. The Bertz CT molecular complexity index is 593. The van der Waals surface area contributed by atoms with E-state index >= 15 is 0 Å². The fourth-order valence-electron chi connectivity index (χ4n) is 2.51. The summed E-state index contributed by atoms with van der Waals surface area (Å²) in [6, 6.07) is 19.2. The van der Waals surface area contributed by atoms with Crippen molar-refractivity contribution in [1.29, 1.82) is 0 Å². The minimum Gasteiger partial charge on any atom is -0.481 e. The van der Waals surface area contributed by atoms with Gasteiger partial charge in [-0.15, -0.1) is 0 Å². The van der Waals surface area contributed by atoms with E-state index in [9.17, 15) is 4.79 Å². The van der Waals surface area contributed by atoms with Crippen LogP contribution in [0.15, 0.2) is 54.6 Å². The molecule has 2 aromatic rings. The third-order valence-electron chi connectivity index (χ3n) is 4.06. The molecule has 1 N–H and O–H groups in total. The molecule has 2 rings (SSSR count). The number of carboxylic acids is 1. The van der Waals surface area contributed by atoms with Gasteiger partial charge in [0.15, 0.2) is 0 Å². The van der Waals surface area contributed by atoms with Gasteiger partial charge in [0.1, 0.15) is 0 Å². The Balaban J connectivity index is 1.99. The highest BCUT2D eigenvalue weighted by Gasteiger charge is 2.12. The molecule has 3 heteroatoms. The lowest BCUT2D eigenvalue weighted by atomic mass is 10.0. The van der Waals surface area contributed by atoms with Crippen molar-refractivity contribution in [2.24, 2.45) is 0 Å². The third kappa shape index (κ3) is 4.43. The maximum absolute atomic E-state index is 10.6. The predicted molar refractivity (Wildman–Crippen MR) is 89.8 cm³/mol. The summed E-state index contributed by atoms with van der Waals surface area (Å²) in [5.41, 5.74) is 3.68. The van der Waals surface area contributed by atoms with Crippen LogP contribution in [0.1, 0.15) is 31.4 Å². The SMILES string of the molecule is C[C@H](c1ccc(-c2ccccc2)cc1)N(C)CCCC(=O)O. The highest BCUT2D eigenvalue weighted by atomic mass is 16.4. The van der Waals surface area contributed by atoms with Crippen molar-refractivity contribution < 1.29 is 9.90 Å². The number of carboxylic acid groups (broad SMARTS) is 1. The summed E-state index contributed by atoms with van der Waals surface area (Å²) in [5.74, 6) is -0.728. The number of carbonyl (C=O) groups is 1. The van der Waals surface area contributed by atoms with E-state index in [-0.39, 0.29) is 12.5 Å². The molecule has 0 spiro atoms. The number of hydrogen-bond acceptors (Lipinski definition) is 2. The minimum absolute atomic E-state index is 0.226. The molecule has 22 heavy (non-hydrogen) atoms. The van der Waals surface area contributed by atoms with Gasteiger partial charge in [-0.3, -0.25) is 9.69 Å². The average molecular weight is 297 g/mol. The van der Waals surface area contributed by atoms with Gasteiger partial charge in [0.25, 0.3) is 0 Å². The molecule has 1 atom stereocenters. The van der Waals surface area contributed by atoms with Crippen LogP contribution < -0.4 is 0 Å². The number of benzene rings is 2. The molecule has 3 nitrogen and oxygen atoms in total. The van der Waals surface area contributed by atoms with Gasteiger partial charge in [0.05, 0.1) is 0 Å². The second kappa shape index (κ2) is 7.76. The Labute approximate surface area is 132 Å². The largest absolute Gasteiger partial charge is 0.481 e. The van der Waals surface area contributed by atoms with Crippen LogP contribution in [0.4, 0.5) is 0 Å². The van der Waals surface area contributed by atoms with Crippen LogP contribution in [0.2, 0.25) is 0 Å². The van der Waals surface area contributed by atoms with Crippen molar-refractivity contribution in [2.75, 3.05) is 13.6 Å². The normalized spacial score (nSPS) is 12.3. The topological polar surface area (TPSA) is 40.5 Å². The molecular formula is C19H23NO2. The average Bonchev–Trinajstić information content (AvgIpc) is 2.54. The van der Waals surface area contributed by atoms with E-state index in [4.69, 9.17) is 5.11 Å². The molecule has 2 aromatic carbocycles. The fraction of sp³-hybridized carbons (Fsp3) is 0.316. The number of nitrogens with zero attached hydrogens (tertiary/aromatic N) is 1. The van der Waals surface area contributed by atoms with Crippen LogP contribution in [-0.4, -0.2) is 29.6 Å². The molecular weight excluding hydrogens is 274 g/mol. The lowest BCUT2D eigenvalue weighted by molar-refractivity contribution is -0.137. The second-order valence-electron chi connectivity index (χ2n) is 5.64. The summed E-state index contributed by atoms with van der Waals surface area (Å²) in [4.78, 5) is 12.8. The Kier molecular flexibility index (Phi) is 5.73. The Morgan fingerprint density at radius 1 is 1.05 bits per heavy atom. The Morgan fingerprint density at radius 3 is 2.23 bits per heavy atom. The third-order valence-corrected chi connectivity index (χ3v) is 4.06. The zero-order chi connectivity index (χ0) is 15.9. The molecule has 0 saturated carbocycles. The molecule has 0 unspecified atom stereocenters. The summed E-state index contributed by atoms with van der Waals surface area (Å²) in [7, 11) is 2.04. The van der Waals surface area contributed by atoms with E-state index in [1.807, 2.05) is 25.2 Å². The molecule has 0 aliphatic rings. The van der Waals surface area contributed by atoms with E-state index < -0.39 is 5.97 Å². The highest BCUT2D eigenvalue weighted by molar-refractivity contribution is 5.66. The summed E-state index contributed by atoms with van der Waals surface area (Å²) in [5, 5.41) is 8.70. The minimum atomic E-state index is -0.728. The quantitative estimate of drug-likeness (QED) is 0.832. The molecule has 0 fully saturated rings. The van der Waals surface area contributed by atoms with Crippen molar-refractivity contribution >= 4 is 5.97 Å². The molecule has 0 aliphatic heterocycles. The van der Waals surface area contributed by atoms with Gasteiger partial charge < -0.3 is 5.11 Å². The molecule has 0 bridgehead atoms. The van der Waals surface area contributed by atoms with Crippen LogP contribution in [0.5, 0.6) is 0 Å². The Hall–Kier alpha value is -2.13. The molecule has 0 amide bonds. The molecule has 0 heterocycles. The van der Waals surface area contributed by atoms with E-state index in [1.54, 1.807) is 0 Å². The molecule has 0 saturated heterocycles.